The summed E-state index contributed by atoms with van der Waals surface area (Å²) >= 11 is 0. The predicted molar refractivity (Wildman–Crippen MR) is 222 cm³/mol. The summed E-state index contributed by atoms with van der Waals surface area (Å²) in [5.74, 6) is -4.03. The lowest BCUT2D eigenvalue weighted by Gasteiger charge is -2.68. The van der Waals surface area contributed by atoms with Crippen LogP contribution in [-0.2, 0) is 42.7 Å². The Morgan fingerprint density at radius 3 is 2.18 bits per heavy atom. The average molecular weight is 864 g/mol. The molecular formula is C47H61NO14. The van der Waals surface area contributed by atoms with Gasteiger partial charge in [0, 0.05) is 24.2 Å². The van der Waals surface area contributed by atoms with Crippen LogP contribution in [0.1, 0.15) is 110 Å². The summed E-state index contributed by atoms with van der Waals surface area (Å²) in [5.41, 5.74) is -4.91. The van der Waals surface area contributed by atoms with Gasteiger partial charge in [-0.2, -0.15) is 0 Å². The Balaban J connectivity index is 1.37. The maximum Gasteiger partial charge on any atom is 0.408 e. The van der Waals surface area contributed by atoms with Crippen LogP contribution in [0.15, 0.2) is 65.7 Å². The van der Waals surface area contributed by atoms with Crippen LogP contribution in [0, 0.1) is 16.7 Å². The molecule has 0 aromatic heterocycles. The van der Waals surface area contributed by atoms with Gasteiger partial charge in [0.15, 0.2) is 17.5 Å². The van der Waals surface area contributed by atoms with Crippen LogP contribution < -0.4 is 10.1 Å². The van der Waals surface area contributed by atoms with Crippen molar-refractivity contribution < 1.29 is 67.3 Å². The Bertz CT molecular complexity index is 2090. The van der Waals surface area contributed by atoms with Crippen molar-refractivity contribution in [3.63, 3.8) is 0 Å². The van der Waals surface area contributed by atoms with Crippen molar-refractivity contribution in [3.05, 3.63) is 76.9 Å². The Morgan fingerprint density at radius 2 is 1.60 bits per heavy atom. The maximum absolute atomic E-state index is 14.5. The molecule has 5 aliphatic rings. The number of amides is 1. The van der Waals surface area contributed by atoms with Gasteiger partial charge in [0.1, 0.15) is 41.4 Å². The van der Waals surface area contributed by atoms with E-state index >= 15 is 0 Å². The summed E-state index contributed by atoms with van der Waals surface area (Å²) in [6.07, 6.45) is -7.05. The van der Waals surface area contributed by atoms with E-state index < -0.39 is 106 Å². The minimum absolute atomic E-state index is 0.0376. The number of fused-ring (bicyclic) bond motifs is 8. The van der Waals surface area contributed by atoms with Gasteiger partial charge in [-0.25, -0.2) is 14.4 Å². The monoisotopic (exact) mass is 863 g/mol. The third kappa shape index (κ3) is 7.77. The highest BCUT2D eigenvalue weighted by Gasteiger charge is 2.77. The first-order valence-electron chi connectivity index (χ1n) is 21.3. The van der Waals surface area contributed by atoms with E-state index in [0.717, 1.165) is 0 Å². The highest BCUT2D eigenvalue weighted by molar-refractivity contribution is 5.89. The van der Waals surface area contributed by atoms with Crippen molar-refractivity contribution in [2.24, 2.45) is 16.7 Å². The lowest BCUT2D eigenvalue weighted by molar-refractivity contribution is -0.346. The fourth-order valence-corrected chi connectivity index (χ4v) is 10.8. The quantitative estimate of drug-likeness (QED) is 0.154. The fourth-order valence-electron chi connectivity index (χ4n) is 10.8. The number of esters is 3. The molecule has 2 bridgehead atoms. The second kappa shape index (κ2) is 15.9. The molecule has 3 N–H and O–H groups in total. The first-order chi connectivity index (χ1) is 28.9. The minimum Gasteiger partial charge on any atom is -0.497 e. The van der Waals surface area contributed by atoms with E-state index in [2.05, 4.69) is 5.32 Å². The smallest absolute Gasteiger partial charge is 0.408 e. The average Bonchev–Trinajstić information content (AvgIpc) is 3.51. The van der Waals surface area contributed by atoms with Gasteiger partial charge in [-0.15, -0.1) is 0 Å². The molecule has 7 rings (SSSR count). The summed E-state index contributed by atoms with van der Waals surface area (Å²) in [6.45, 7) is 17.4. The van der Waals surface area contributed by atoms with Crippen molar-refractivity contribution in [3.8, 4) is 5.75 Å². The number of carbonyl (C=O) groups excluding carboxylic acids is 4. The first-order valence-corrected chi connectivity index (χ1v) is 21.3. The van der Waals surface area contributed by atoms with Gasteiger partial charge in [0.25, 0.3) is 0 Å². The van der Waals surface area contributed by atoms with Gasteiger partial charge in [0.05, 0.1) is 37.3 Å². The van der Waals surface area contributed by atoms with Gasteiger partial charge in [-0.05, 0) is 95.4 Å². The molecule has 62 heavy (non-hydrogen) atoms. The van der Waals surface area contributed by atoms with E-state index in [1.54, 1.807) is 96.1 Å². The third-order valence-electron chi connectivity index (χ3n) is 13.7. The Kier molecular flexibility index (Phi) is 11.7. The Labute approximate surface area is 362 Å². The molecule has 15 nitrogen and oxygen atoms in total. The standard InChI is InChI=1S/C47H61NO14/c1-25-30(57-40(52)34(50)33(27-15-13-12-14-16-27)48-41(53)62-42(3,4)5)23-47(54)38(58-39(51)28-17-19-29(55-11)20-18-28)36-45(10,22-21-31-46(36,24-56-31)59-26(2)49)37-35(32(25)43(47,6)7)60-44(8,9)61-37/h12-20,30-31,33-38,50,54H,21-24H2,1-11H3,(H,48,53)/t30-,31+,33-,34+,35+,36-,37-,38-,45+,46-,47+/m0/s1. The first kappa shape index (κ1) is 45.5. The second-order valence-corrected chi connectivity index (χ2v) is 19.7. The molecule has 11 atom stereocenters. The molecule has 0 spiro atoms. The molecule has 2 heterocycles. The molecule has 3 aliphatic carbocycles. The van der Waals surface area contributed by atoms with Crippen LogP contribution in [0.4, 0.5) is 4.79 Å². The molecule has 0 unspecified atom stereocenters. The fraction of sp³-hybridized carbons (Fsp3) is 0.617. The van der Waals surface area contributed by atoms with Crippen molar-refractivity contribution in [1.82, 2.24) is 5.32 Å². The van der Waals surface area contributed by atoms with Gasteiger partial charge in [-0.1, -0.05) is 51.1 Å². The summed E-state index contributed by atoms with van der Waals surface area (Å²) < 4.78 is 49.9. The predicted octanol–water partition coefficient (Wildman–Crippen LogP) is 5.89. The molecular weight excluding hydrogens is 803 g/mol. The number of aliphatic hydroxyl groups is 2. The molecule has 0 radical (unpaired) electrons. The molecule has 338 valence electrons. The highest BCUT2D eigenvalue weighted by atomic mass is 16.8. The van der Waals surface area contributed by atoms with E-state index in [0.29, 0.717) is 35.3 Å². The topological polar surface area (TPSA) is 195 Å². The number of alkyl carbamates (subject to hydrolysis) is 1. The molecule has 2 saturated carbocycles. The van der Waals surface area contributed by atoms with Crippen molar-refractivity contribution in [2.75, 3.05) is 13.7 Å². The highest BCUT2D eigenvalue weighted by Crippen LogP contribution is 2.67. The normalized spacial score (nSPS) is 34.0. The molecule has 2 aliphatic heterocycles. The summed E-state index contributed by atoms with van der Waals surface area (Å²) in [7, 11) is 1.51. The second-order valence-electron chi connectivity index (χ2n) is 19.7. The molecule has 2 aromatic carbocycles. The van der Waals surface area contributed by atoms with Crippen LogP contribution >= 0.6 is 0 Å². The zero-order chi connectivity index (χ0) is 45.4. The van der Waals surface area contributed by atoms with Crippen LogP contribution in [0.25, 0.3) is 0 Å². The molecule has 4 fully saturated rings. The van der Waals surface area contributed by atoms with Crippen LogP contribution in [0.5, 0.6) is 5.75 Å². The minimum atomic E-state index is -2.08. The third-order valence-corrected chi connectivity index (χ3v) is 13.7. The van der Waals surface area contributed by atoms with Gasteiger partial charge < -0.3 is 53.4 Å². The van der Waals surface area contributed by atoms with Gasteiger partial charge in [0.2, 0.25) is 0 Å². The van der Waals surface area contributed by atoms with E-state index in [1.165, 1.54) is 14.0 Å². The lowest BCUT2D eigenvalue weighted by Crippen LogP contribution is -2.79. The zero-order valence-electron chi connectivity index (χ0n) is 37.4. The SMILES string of the molecule is COc1ccc(C(=O)O[C@H]2[C@H]3[C@@](C)(CC[C@H]4OC[C@]43OC(C)=O)[C@H]3OC(C)(C)O[C@@H]3C3=C(C)[C@@H](OC(=O)[C@H](O)[C@@H](NC(=O)OC(C)(C)C)c4ccccc4)C[C@]2(O)C3(C)C)cc1. The van der Waals surface area contributed by atoms with Crippen LogP contribution in [0.2, 0.25) is 0 Å². The number of rotatable bonds is 9. The number of carbonyl (C=O) groups is 4. The number of hydrogen-bond donors (Lipinski definition) is 3. The van der Waals surface area contributed by atoms with Crippen molar-refractivity contribution >= 4 is 24.0 Å². The lowest BCUT2D eigenvalue weighted by atomic mass is 9.45. The van der Waals surface area contributed by atoms with E-state index in [1.807, 2.05) is 20.8 Å². The molecule has 2 aromatic rings. The van der Waals surface area contributed by atoms with Crippen LogP contribution in [-0.4, -0.2) is 107 Å². The summed E-state index contributed by atoms with van der Waals surface area (Å²) in [5, 5.41) is 28.3. The molecule has 15 heteroatoms. The number of benzene rings is 2. The van der Waals surface area contributed by atoms with Crippen molar-refractivity contribution in [2.45, 2.75) is 154 Å². The Morgan fingerprint density at radius 1 is 0.935 bits per heavy atom. The van der Waals surface area contributed by atoms with Crippen molar-refractivity contribution in [1.29, 1.82) is 0 Å². The van der Waals surface area contributed by atoms with E-state index in [-0.39, 0.29) is 18.6 Å². The number of methoxy groups -OCH3 is 1. The Hall–Kier alpha value is -4.54. The van der Waals surface area contributed by atoms with Gasteiger partial charge in [-0.3, -0.25) is 4.79 Å². The summed E-state index contributed by atoms with van der Waals surface area (Å²) in [4.78, 5) is 55.1. The maximum atomic E-state index is 14.5. The number of hydrogen-bond acceptors (Lipinski definition) is 14. The number of ether oxygens (including phenoxy) is 8. The number of nitrogens with one attached hydrogen (secondary N) is 1. The van der Waals surface area contributed by atoms with E-state index in [9.17, 15) is 29.4 Å². The molecule has 1 amide bonds. The zero-order valence-corrected chi connectivity index (χ0v) is 37.4. The summed E-state index contributed by atoms with van der Waals surface area (Å²) in [6, 6.07) is 13.5. The van der Waals surface area contributed by atoms with E-state index in [4.69, 9.17) is 37.9 Å². The van der Waals surface area contributed by atoms with Crippen LogP contribution in [0.3, 0.4) is 0 Å². The molecule has 2 saturated heterocycles. The number of aliphatic hydroxyl groups excluding tert-OH is 1. The largest absolute Gasteiger partial charge is 0.497 e. The van der Waals surface area contributed by atoms with Gasteiger partial charge >= 0.3 is 24.0 Å².